The van der Waals surface area contributed by atoms with Gasteiger partial charge in [0.1, 0.15) is 5.82 Å². The fraction of sp³-hybridized carbons (Fsp3) is 0.312. The van der Waals surface area contributed by atoms with E-state index in [9.17, 15) is 17.6 Å². The highest BCUT2D eigenvalue weighted by atomic mass is 79.9. The first kappa shape index (κ1) is 17.2. The molecule has 1 saturated heterocycles. The molecule has 1 aromatic carbocycles. The van der Waals surface area contributed by atoms with Gasteiger partial charge in [0.2, 0.25) is 0 Å². The smallest absolute Gasteiger partial charge is 0.289 e. The molecule has 1 amide bonds. The number of piperidine rings is 1. The number of amides is 1. The van der Waals surface area contributed by atoms with E-state index in [4.69, 9.17) is 4.42 Å². The van der Waals surface area contributed by atoms with Crippen molar-refractivity contribution < 1.29 is 22.0 Å². The lowest BCUT2D eigenvalue weighted by Crippen LogP contribution is -2.42. The van der Waals surface area contributed by atoms with Crippen molar-refractivity contribution in [3.05, 3.63) is 52.6 Å². The normalized spacial score (nSPS) is 16.3. The molecular formula is C16H15BrFNO4S. The Balaban J connectivity index is 1.68. The van der Waals surface area contributed by atoms with Gasteiger partial charge in [0.05, 0.1) is 10.1 Å². The molecule has 0 unspecified atom stereocenters. The number of halogens is 2. The molecular weight excluding hydrogens is 401 g/mol. The van der Waals surface area contributed by atoms with E-state index in [1.165, 1.54) is 12.1 Å². The van der Waals surface area contributed by atoms with Crippen LogP contribution in [-0.2, 0) is 9.84 Å². The first-order valence-corrected chi connectivity index (χ1v) is 9.76. The SMILES string of the molecule is O=C(c1ccc(Br)o1)N1CCC(S(=O)(=O)c2ccc(F)cc2)CC1. The van der Waals surface area contributed by atoms with Crippen LogP contribution in [0.4, 0.5) is 4.39 Å². The molecule has 128 valence electrons. The molecule has 24 heavy (non-hydrogen) atoms. The van der Waals surface area contributed by atoms with Crippen molar-refractivity contribution in [2.45, 2.75) is 23.0 Å². The van der Waals surface area contributed by atoms with Crippen LogP contribution in [0.1, 0.15) is 23.4 Å². The second-order valence-corrected chi connectivity index (χ2v) is 8.60. The monoisotopic (exact) mass is 415 g/mol. The summed E-state index contributed by atoms with van der Waals surface area (Å²) in [7, 11) is -3.52. The summed E-state index contributed by atoms with van der Waals surface area (Å²) < 4.78 is 43.9. The summed E-state index contributed by atoms with van der Waals surface area (Å²) in [4.78, 5) is 14.0. The number of sulfone groups is 1. The van der Waals surface area contributed by atoms with Crippen molar-refractivity contribution in [2.75, 3.05) is 13.1 Å². The summed E-state index contributed by atoms with van der Waals surface area (Å²) in [5, 5.41) is -0.574. The average molecular weight is 416 g/mol. The minimum Gasteiger partial charge on any atom is -0.444 e. The highest BCUT2D eigenvalue weighted by molar-refractivity contribution is 9.10. The average Bonchev–Trinajstić information content (AvgIpc) is 3.01. The predicted octanol–water partition coefficient (Wildman–Crippen LogP) is 3.26. The molecule has 8 heteroatoms. The lowest BCUT2D eigenvalue weighted by molar-refractivity contribution is 0.0692. The molecule has 3 rings (SSSR count). The van der Waals surface area contributed by atoms with Crippen LogP contribution in [0.25, 0.3) is 0 Å². The zero-order valence-corrected chi connectivity index (χ0v) is 15.0. The molecule has 2 heterocycles. The van der Waals surface area contributed by atoms with Gasteiger partial charge >= 0.3 is 0 Å². The van der Waals surface area contributed by atoms with Crippen LogP contribution in [0.5, 0.6) is 0 Å². The van der Waals surface area contributed by atoms with Crippen LogP contribution in [0, 0.1) is 5.82 Å². The molecule has 0 radical (unpaired) electrons. The molecule has 0 spiro atoms. The summed E-state index contributed by atoms with van der Waals surface area (Å²) >= 11 is 3.15. The summed E-state index contributed by atoms with van der Waals surface area (Å²) in [6, 6.07) is 8.05. The number of hydrogen-bond acceptors (Lipinski definition) is 4. The van der Waals surface area contributed by atoms with Crippen molar-refractivity contribution in [1.82, 2.24) is 4.90 Å². The minimum absolute atomic E-state index is 0.114. The highest BCUT2D eigenvalue weighted by Crippen LogP contribution is 2.26. The lowest BCUT2D eigenvalue weighted by Gasteiger charge is -2.31. The van der Waals surface area contributed by atoms with Gasteiger partial charge in [0.15, 0.2) is 20.3 Å². The van der Waals surface area contributed by atoms with E-state index in [-0.39, 0.29) is 16.6 Å². The quantitative estimate of drug-likeness (QED) is 0.721. The van der Waals surface area contributed by atoms with Crippen LogP contribution in [-0.4, -0.2) is 37.6 Å². The maximum Gasteiger partial charge on any atom is 0.289 e. The van der Waals surface area contributed by atoms with Gasteiger partial charge in [-0.2, -0.15) is 0 Å². The Hall–Kier alpha value is -1.67. The maximum atomic E-state index is 13.0. The van der Waals surface area contributed by atoms with E-state index in [1.807, 2.05) is 0 Å². The Morgan fingerprint density at radius 1 is 1.12 bits per heavy atom. The van der Waals surface area contributed by atoms with Crippen LogP contribution >= 0.6 is 15.9 Å². The van der Waals surface area contributed by atoms with Crippen LogP contribution in [0.2, 0.25) is 0 Å². The number of carbonyl (C=O) groups excluding carboxylic acids is 1. The van der Waals surface area contributed by atoms with Crippen LogP contribution in [0.15, 0.2) is 50.4 Å². The maximum absolute atomic E-state index is 13.0. The van der Waals surface area contributed by atoms with Gasteiger partial charge in [-0.3, -0.25) is 4.79 Å². The molecule has 2 aromatic rings. The number of likely N-dealkylation sites (tertiary alicyclic amines) is 1. The molecule has 0 saturated carbocycles. The van der Waals surface area contributed by atoms with Gasteiger partial charge in [-0.15, -0.1) is 0 Å². The number of hydrogen-bond donors (Lipinski definition) is 0. The number of carbonyl (C=O) groups is 1. The van der Waals surface area contributed by atoms with Gasteiger partial charge in [0.25, 0.3) is 5.91 Å². The van der Waals surface area contributed by atoms with Crippen molar-refractivity contribution in [1.29, 1.82) is 0 Å². The Labute approximate surface area is 147 Å². The Morgan fingerprint density at radius 3 is 2.29 bits per heavy atom. The number of rotatable bonds is 3. The van der Waals surface area contributed by atoms with Crippen molar-refractivity contribution in [3.63, 3.8) is 0 Å². The van der Waals surface area contributed by atoms with E-state index in [0.717, 1.165) is 12.1 Å². The first-order chi connectivity index (χ1) is 11.4. The van der Waals surface area contributed by atoms with Gasteiger partial charge in [-0.05, 0) is 65.2 Å². The number of nitrogens with zero attached hydrogens (tertiary/aromatic N) is 1. The number of furan rings is 1. The Bertz CT molecular complexity index is 839. The second kappa shape index (κ2) is 6.68. The van der Waals surface area contributed by atoms with Gasteiger partial charge in [-0.25, -0.2) is 12.8 Å². The molecule has 1 fully saturated rings. The molecule has 0 aliphatic carbocycles. The fourth-order valence-electron chi connectivity index (χ4n) is 2.77. The fourth-order valence-corrected chi connectivity index (χ4v) is 4.81. The molecule has 0 N–H and O–H groups in total. The molecule has 1 aromatic heterocycles. The van der Waals surface area contributed by atoms with Crippen molar-refractivity contribution in [2.24, 2.45) is 0 Å². The molecule has 1 aliphatic heterocycles. The Kier molecular flexibility index (Phi) is 4.78. The molecule has 1 aliphatic rings. The topological polar surface area (TPSA) is 67.6 Å². The second-order valence-electron chi connectivity index (χ2n) is 5.59. The zero-order valence-electron chi connectivity index (χ0n) is 12.6. The summed E-state index contributed by atoms with van der Waals surface area (Å²) in [6.07, 6.45) is 0.681. The number of benzene rings is 1. The molecule has 5 nitrogen and oxygen atoms in total. The highest BCUT2D eigenvalue weighted by Gasteiger charge is 2.33. The largest absolute Gasteiger partial charge is 0.444 e. The third-order valence-corrected chi connectivity index (χ3v) is 6.80. The summed E-state index contributed by atoms with van der Waals surface area (Å²) in [6.45, 7) is 0.671. The predicted molar refractivity (Wildman–Crippen MR) is 88.9 cm³/mol. The first-order valence-electron chi connectivity index (χ1n) is 7.42. The standard InChI is InChI=1S/C16H15BrFNO4S/c17-15-6-5-14(23-15)16(20)19-9-7-13(8-10-19)24(21,22)12-3-1-11(18)2-4-12/h1-6,13H,7-10H2. The van der Waals surface area contributed by atoms with Crippen LogP contribution < -0.4 is 0 Å². The van der Waals surface area contributed by atoms with E-state index < -0.39 is 20.9 Å². The van der Waals surface area contributed by atoms with E-state index >= 15 is 0 Å². The van der Waals surface area contributed by atoms with Gasteiger partial charge in [0, 0.05) is 13.1 Å². The third-order valence-electron chi connectivity index (χ3n) is 4.09. The summed E-state index contributed by atoms with van der Waals surface area (Å²) in [5.74, 6) is -0.501. The van der Waals surface area contributed by atoms with Gasteiger partial charge < -0.3 is 9.32 Å². The van der Waals surface area contributed by atoms with E-state index in [1.54, 1.807) is 17.0 Å². The summed E-state index contributed by atoms with van der Waals surface area (Å²) in [5.41, 5.74) is 0. The van der Waals surface area contributed by atoms with Crippen LogP contribution in [0.3, 0.4) is 0 Å². The van der Waals surface area contributed by atoms with Crippen molar-refractivity contribution in [3.8, 4) is 0 Å². The zero-order chi connectivity index (χ0) is 17.3. The van der Waals surface area contributed by atoms with E-state index in [2.05, 4.69) is 15.9 Å². The van der Waals surface area contributed by atoms with E-state index in [0.29, 0.717) is 30.6 Å². The molecule has 0 bridgehead atoms. The lowest BCUT2D eigenvalue weighted by atomic mass is 10.1. The minimum atomic E-state index is -3.52. The van der Waals surface area contributed by atoms with Crippen molar-refractivity contribution >= 4 is 31.7 Å². The Morgan fingerprint density at radius 2 is 1.75 bits per heavy atom. The third kappa shape index (κ3) is 3.39. The molecule has 0 atom stereocenters. The van der Waals surface area contributed by atoms with Gasteiger partial charge in [-0.1, -0.05) is 0 Å².